The largest absolute Gasteiger partial charge is 0.497 e. The minimum absolute atomic E-state index is 0.0465. The van der Waals surface area contributed by atoms with Crippen LogP contribution in [-0.4, -0.2) is 39.7 Å². The van der Waals surface area contributed by atoms with Crippen molar-refractivity contribution in [3.05, 3.63) is 66.2 Å². The monoisotopic (exact) mass is 390 g/mol. The Morgan fingerprint density at radius 2 is 1.93 bits per heavy atom. The maximum absolute atomic E-state index is 12.5. The van der Waals surface area contributed by atoms with E-state index in [1.54, 1.807) is 7.11 Å². The summed E-state index contributed by atoms with van der Waals surface area (Å²) in [6.07, 6.45) is 2.07. The Bertz CT molecular complexity index is 908. The molecule has 0 fully saturated rings. The zero-order valence-electron chi connectivity index (χ0n) is 14.9. The first-order chi connectivity index (χ1) is 12.9. The molecule has 144 valence electrons. The number of hydrogen-bond donors (Lipinski definition) is 3. The van der Waals surface area contributed by atoms with Gasteiger partial charge in [-0.15, -0.1) is 6.58 Å². The summed E-state index contributed by atoms with van der Waals surface area (Å²) in [7, 11) is -2.28. The number of ether oxygens (including phenoxy) is 1. The lowest BCUT2D eigenvalue weighted by atomic mass is 10.1. The van der Waals surface area contributed by atoms with Gasteiger partial charge < -0.3 is 15.2 Å². The van der Waals surface area contributed by atoms with Gasteiger partial charge in [0.1, 0.15) is 10.6 Å². The number of rotatable bonds is 10. The molecule has 0 saturated heterocycles. The molecule has 0 aliphatic heterocycles. The Labute approximate surface area is 158 Å². The predicted molar refractivity (Wildman–Crippen MR) is 104 cm³/mol. The van der Waals surface area contributed by atoms with Crippen LogP contribution in [0.2, 0.25) is 0 Å². The van der Waals surface area contributed by atoms with E-state index in [9.17, 15) is 13.2 Å². The summed E-state index contributed by atoms with van der Waals surface area (Å²) in [6, 6.07) is 11.5. The highest BCUT2D eigenvalue weighted by Crippen LogP contribution is 2.23. The molecule has 7 nitrogen and oxygen atoms in total. The SMILES string of the molecule is C=CCNS(=O)(=O)c1cc(C(=O)O)ccc1NCCc1ccc(OC)cc1. The zero-order chi connectivity index (χ0) is 19.9. The second kappa shape index (κ2) is 9.20. The summed E-state index contributed by atoms with van der Waals surface area (Å²) in [5.74, 6) is -0.433. The van der Waals surface area contributed by atoms with Crippen LogP contribution in [-0.2, 0) is 16.4 Å². The quantitative estimate of drug-likeness (QED) is 0.539. The highest BCUT2D eigenvalue weighted by atomic mass is 32.2. The van der Waals surface area contributed by atoms with Crippen LogP contribution in [0.4, 0.5) is 5.69 Å². The number of nitrogens with one attached hydrogen (secondary N) is 2. The molecule has 2 aromatic rings. The van der Waals surface area contributed by atoms with Gasteiger partial charge in [0, 0.05) is 13.1 Å². The third-order valence-corrected chi connectivity index (χ3v) is 5.29. The molecule has 0 spiro atoms. The first-order valence-electron chi connectivity index (χ1n) is 8.22. The van der Waals surface area contributed by atoms with Gasteiger partial charge in [-0.25, -0.2) is 17.9 Å². The van der Waals surface area contributed by atoms with E-state index in [2.05, 4.69) is 16.6 Å². The highest BCUT2D eigenvalue weighted by Gasteiger charge is 2.20. The maximum Gasteiger partial charge on any atom is 0.335 e. The molecule has 0 aliphatic rings. The first kappa shape index (κ1) is 20.5. The molecule has 0 amide bonds. The van der Waals surface area contributed by atoms with Crippen molar-refractivity contribution >= 4 is 21.7 Å². The molecule has 2 rings (SSSR count). The van der Waals surface area contributed by atoms with Gasteiger partial charge in [-0.2, -0.15) is 0 Å². The summed E-state index contributed by atoms with van der Waals surface area (Å²) >= 11 is 0. The number of anilines is 1. The van der Waals surface area contributed by atoms with Crippen molar-refractivity contribution in [1.82, 2.24) is 4.72 Å². The Morgan fingerprint density at radius 3 is 2.52 bits per heavy atom. The average molecular weight is 390 g/mol. The van der Waals surface area contributed by atoms with Crippen molar-refractivity contribution in [3.63, 3.8) is 0 Å². The van der Waals surface area contributed by atoms with Gasteiger partial charge >= 0.3 is 5.97 Å². The van der Waals surface area contributed by atoms with E-state index in [-0.39, 0.29) is 17.0 Å². The van der Waals surface area contributed by atoms with E-state index in [0.717, 1.165) is 17.4 Å². The van der Waals surface area contributed by atoms with Gasteiger partial charge in [0.05, 0.1) is 18.4 Å². The lowest BCUT2D eigenvalue weighted by Crippen LogP contribution is -2.25. The number of carbonyl (C=O) groups is 1. The molecule has 0 aliphatic carbocycles. The van der Waals surface area contributed by atoms with Gasteiger partial charge in [0.2, 0.25) is 10.0 Å². The number of hydrogen-bond acceptors (Lipinski definition) is 5. The van der Waals surface area contributed by atoms with Gasteiger partial charge in [0.25, 0.3) is 0 Å². The lowest BCUT2D eigenvalue weighted by molar-refractivity contribution is 0.0696. The minimum atomic E-state index is -3.88. The fourth-order valence-electron chi connectivity index (χ4n) is 2.40. The van der Waals surface area contributed by atoms with Crippen LogP contribution in [0.15, 0.2) is 60.0 Å². The van der Waals surface area contributed by atoms with E-state index < -0.39 is 16.0 Å². The molecule has 0 unspecified atom stereocenters. The van der Waals surface area contributed by atoms with Crippen LogP contribution in [0.25, 0.3) is 0 Å². The Morgan fingerprint density at radius 1 is 1.22 bits per heavy atom. The van der Waals surface area contributed by atoms with Crippen molar-refractivity contribution in [2.24, 2.45) is 0 Å². The summed E-state index contributed by atoms with van der Waals surface area (Å²) in [5.41, 5.74) is 1.29. The van der Waals surface area contributed by atoms with E-state index in [4.69, 9.17) is 9.84 Å². The topological polar surface area (TPSA) is 105 Å². The third kappa shape index (κ3) is 5.57. The van der Waals surface area contributed by atoms with Gasteiger partial charge in [-0.3, -0.25) is 0 Å². The number of methoxy groups -OCH3 is 1. The Hall–Kier alpha value is -2.84. The molecule has 0 bridgehead atoms. The van der Waals surface area contributed by atoms with Gasteiger partial charge in [0.15, 0.2) is 0 Å². The molecule has 0 aromatic heterocycles. The molecule has 8 heteroatoms. The number of carboxylic acids is 1. The smallest absolute Gasteiger partial charge is 0.335 e. The second-order valence-electron chi connectivity index (χ2n) is 5.68. The molecule has 3 N–H and O–H groups in total. The fraction of sp³-hybridized carbons (Fsp3) is 0.211. The summed E-state index contributed by atoms with van der Waals surface area (Å²) in [6.45, 7) is 4.00. The molecule has 0 atom stereocenters. The molecule has 27 heavy (non-hydrogen) atoms. The first-order valence-corrected chi connectivity index (χ1v) is 9.70. The number of benzene rings is 2. The molecular weight excluding hydrogens is 368 g/mol. The molecule has 2 aromatic carbocycles. The number of sulfonamides is 1. The molecular formula is C19H22N2O5S. The van der Waals surface area contributed by atoms with Crippen molar-refractivity contribution in [2.75, 3.05) is 25.5 Å². The zero-order valence-corrected chi connectivity index (χ0v) is 15.8. The Kier molecular flexibility index (Phi) is 6.98. The van der Waals surface area contributed by atoms with Crippen LogP contribution in [0.1, 0.15) is 15.9 Å². The summed E-state index contributed by atoms with van der Waals surface area (Å²) < 4.78 is 32.4. The normalized spacial score (nSPS) is 11.0. The maximum atomic E-state index is 12.5. The Balaban J connectivity index is 2.18. The number of aromatic carboxylic acids is 1. The molecule has 0 heterocycles. The molecule has 0 radical (unpaired) electrons. The van der Waals surface area contributed by atoms with Crippen LogP contribution in [0, 0.1) is 0 Å². The standard InChI is InChI=1S/C19H22N2O5S/c1-3-11-21-27(24,25)18-13-15(19(22)23)6-9-17(18)20-12-10-14-4-7-16(26-2)8-5-14/h3-9,13,20-21H,1,10-12H2,2H3,(H,22,23). The lowest BCUT2D eigenvalue weighted by Gasteiger charge is -2.14. The van der Waals surface area contributed by atoms with Crippen molar-refractivity contribution in [3.8, 4) is 5.75 Å². The van der Waals surface area contributed by atoms with Crippen molar-refractivity contribution in [2.45, 2.75) is 11.3 Å². The highest BCUT2D eigenvalue weighted by molar-refractivity contribution is 7.89. The van der Waals surface area contributed by atoms with Crippen LogP contribution >= 0.6 is 0 Å². The summed E-state index contributed by atoms with van der Waals surface area (Å²) in [4.78, 5) is 11.1. The van der Waals surface area contributed by atoms with Crippen molar-refractivity contribution < 1.29 is 23.1 Å². The van der Waals surface area contributed by atoms with Crippen LogP contribution in [0.3, 0.4) is 0 Å². The van der Waals surface area contributed by atoms with Crippen LogP contribution in [0.5, 0.6) is 5.75 Å². The van der Waals surface area contributed by atoms with E-state index in [0.29, 0.717) is 18.7 Å². The van der Waals surface area contributed by atoms with Gasteiger partial charge in [-0.05, 0) is 42.3 Å². The van der Waals surface area contributed by atoms with Gasteiger partial charge in [-0.1, -0.05) is 18.2 Å². The number of carboxylic acid groups (broad SMARTS) is 1. The predicted octanol–water partition coefficient (Wildman–Crippen LogP) is 2.51. The van der Waals surface area contributed by atoms with Crippen molar-refractivity contribution in [1.29, 1.82) is 0 Å². The second-order valence-corrected chi connectivity index (χ2v) is 7.42. The van der Waals surface area contributed by atoms with E-state index in [1.807, 2.05) is 24.3 Å². The minimum Gasteiger partial charge on any atom is -0.497 e. The third-order valence-electron chi connectivity index (χ3n) is 3.82. The summed E-state index contributed by atoms with van der Waals surface area (Å²) in [5, 5.41) is 12.2. The van der Waals surface area contributed by atoms with Crippen LogP contribution < -0.4 is 14.8 Å². The molecule has 0 saturated carbocycles. The fourth-order valence-corrected chi connectivity index (χ4v) is 3.61. The van der Waals surface area contributed by atoms with E-state index >= 15 is 0 Å². The van der Waals surface area contributed by atoms with E-state index in [1.165, 1.54) is 18.2 Å². The average Bonchev–Trinajstić information content (AvgIpc) is 2.67.